The number of aromatic amines is 2. The highest BCUT2D eigenvalue weighted by Gasteiger charge is 2.13. The van der Waals surface area contributed by atoms with Gasteiger partial charge in [0.25, 0.3) is 0 Å². The van der Waals surface area contributed by atoms with Gasteiger partial charge in [-0.2, -0.15) is 0 Å². The number of rotatable bonds is 4. The first-order valence-corrected chi connectivity index (χ1v) is 6.74. The Labute approximate surface area is 122 Å². The lowest BCUT2D eigenvalue weighted by molar-refractivity contribution is 0.414. The van der Waals surface area contributed by atoms with Gasteiger partial charge in [-0.15, -0.1) is 0 Å². The molecule has 1 atom stereocenters. The smallest absolute Gasteiger partial charge is 0.323 e. The molecule has 5 nitrogen and oxygen atoms in total. The normalized spacial score (nSPS) is 12.5. The zero-order valence-electron chi connectivity index (χ0n) is 11.9. The highest BCUT2D eigenvalue weighted by Crippen LogP contribution is 2.26. The van der Waals surface area contributed by atoms with Gasteiger partial charge in [-0.05, 0) is 42.4 Å². The first-order chi connectivity index (χ1) is 10.2. The SMILES string of the molecule is CNC(c1cccc(OC)c1)c1ccc2[nH]c(=O)[nH]c2c1. The number of H-pyrrole nitrogens is 2. The van der Waals surface area contributed by atoms with Gasteiger partial charge < -0.3 is 20.0 Å². The third-order valence-corrected chi connectivity index (χ3v) is 3.59. The summed E-state index contributed by atoms with van der Waals surface area (Å²) in [5, 5.41) is 3.30. The molecule has 2 aromatic carbocycles. The van der Waals surface area contributed by atoms with E-state index < -0.39 is 0 Å². The van der Waals surface area contributed by atoms with Crippen molar-refractivity contribution in [3.8, 4) is 5.75 Å². The molecule has 0 amide bonds. The van der Waals surface area contributed by atoms with E-state index in [9.17, 15) is 4.79 Å². The fourth-order valence-corrected chi connectivity index (χ4v) is 2.58. The topological polar surface area (TPSA) is 69.9 Å². The van der Waals surface area contributed by atoms with Crippen LogP contribution in [0.4, 0.5) is 0 Å². The Balaban J connectivity index is 2.05. The van der Waals surface area contributed by atoms with Crippen LogP contribution < -0.4 is 15.7 Å². The van der Waals surface area contributed by atoms with Gasteiger partial charge in [0.15, 0.2) is 0 Å². The summed E-state index contributed by atoms with van der Waals surface area (Å²) in [5.74, 6) is 0.823. The second-order valence-corrected chi connectivity index (χ2v) is 4.88. The van der Waals surface area contributed by atoms with Crippen LogP contribution in [0.2, 0.25) is 0 Å². The van der Waals surface area contributed by atoms with Crippen molar-refractivity contribution in [1.82, 2.24) is 15.3 Å². The summed E-state index contributed by atoms with van der Waals surface area (Å²) in [4.78, 5) is 16.9. The largest absolute Gasteiger partial charge is 0.497 e. The number of imidazole rings is 1. The van der Waals surface area contributed by atoms with Crippen LogP contribution in [0.5, 0.6) is 5.75 Å². The molecule has 5 heteroatoms. The first-order valence-electron chi connectivity index (χ1n) is 6.74. The minimum Gasteiger partial charge on any atom is -0.497 e. The predicted molar refractivity (Wildman–Crippen MR) is 82.8 cm³/mol. The molecule has 0 spiro atoms. The van der Waals surface area contributed by atoms with E-state index in [1.165, 1.54) is 0 Å². The summed E-state index contributed by atoms with van der Waals surface area (Å²) in [7, 11) is 3.57. The number of fused-ring (bicyclic) bond motifs is 1. The molecule has 1 aromatic heterocycles. The van der Waals surface area contributed by atoms with E-state index in [-0.39, 0.29) is 11.7 Å². The lowest BCUT2D eigenvalue weighted by Gasteiger charge is -2.18. The van der Waals surface area contributed by atoms with Crippen molar-refractivity contribution in [2.45, 2.75) is 6.04 Å². The molecule has 1 unspecified atom stereocenters. The number of benzene rings is 2. The Hall–Kier alpha value is -2.53. The summed E-state index contributed by atoms with van der Waals surface area (Å²) in [6.45, 7) is 0. The summed E-state index contributed by atoms with van der Waals surface area (Å²) in [5.41, 5.74) is 3.61. The maximum atomic E-state index is 11.3. The van der Waals surface area contributed by atoms with E-state index in [0.29, 0.717) is 0 Å². The van der Waals surface area contributed by atoms with Crippen molar-refractivity contribution >= 4 is 11.0 Å². The molecule has 0 saturated heterocycles. The van der Waals surface area contributed by atoms with E-state index in [1.807, 2.05) is 49.5 Å². The average molecular weight is 283 g/mol. The van der Waals surface area contributed by atoms with Crippen molar-refractivity contribution in [3.05, 3.63) is 64.1 Å². The lowest BCUT2D eigenvalue weighted by atomic mass is 9.98. The number of nitrogens with one attached hydrogen (secondary N) is 3. The minimum atomic E-state index is -0.190. The lowest BCUT2D eigenvalue weighted by Crippen LogP contribution is -2.17. The third-order valence-electron chi connectivity index (χ3n) is 3.59. The zero-order chi connectivity index (χ0) is 14.8. The molecule has 108 valence electrons. The third kappa shape index (κ3) is 2.55. The van der Waals surface area contributed by atoms with Crippen molar-refractivity contribution in [1.29, 1.82) is 0 Å². The number of ether oxygens (including phenoxy) is 1. The van der Waals surface area contributed by atoms with E-state index in [0.717, 1.165) is 27.9 Å². The van der Waals surface area contributed by atoms with Gasteiger partial charge in [0.1, 0.15) is 5.75 Å². The summed E-state index contributed by atoms with van der Waals surface area (Å²) in [6, 6.07) is 13.9. The van der Waals surface area contributed by atoms with E-state index in [2.05, 4.69) is 15.3 Å². The molecule has 0 radical (unpaired) electrons. The van der Waals surface area contributed by atoms with Crippen molar-refractivity contribution in [2.24, 2.45) is 0 Å². The highest BCUT2D eigenvalue weighted by atomic mass is 16.5. The zero-order valence-corrected chi connectivity index (χ0v) is 11.9. The molecule has 1 heterocycles. The van der Waals surface area contributed by atoms with Crippen molar-refractivity contribution < 1.29 is 4.74 Å². The summed E-state index contributed by atoms with van der Waals surface area (Å²) in [6.07, 6.45) is 0. The molecule has 0 saturated carbocycles. The molecule has 0 aliphatic rings. The number of aromatic nitrogens is 2. The fraction of sp³-hybridized carbons (Fsp3) is 0.188. The summed E-state index contributed by atoms with van der Waals surface area (Å²) >= 11 is 0. The van der Waals surface area contributed by atoms with Gasteiger partial charge in [0, 0.05) is 0 Å². The van der Waals surface area contributed by atoms with E-state index in [1.54, 1.807) is 7.11 Å². The molecule has 3 N–H and O–H groups in total. The maximum absolute atomic E-state index is 11.3. The number of hydrogen-bond acceptors (Lipinski definition) is 3. The molecule has 0 bridgehead atoms. The van der Waals surface area contributed by atoms with E-state index >= 15 is 0 Å². The maximum Gasteiger partial charge on any atom is 0.323 e. The molecule has 3 aromatic rings. The van der Waals surface area contributed by atoms with Crippen LogP contribution in [0.25, 0.3) is 11.0 Å². The predicted octanol–water partition coefficient (Wildman–Crippen LogP) is 2.17. The van der Waals surface area contributed by atoms with Crippen LogP contribution in [0.1, 0.15) is 17.2 Å². The second kappa shape index (κ2) is 5.46. The Bertz CT molecular complexity index is 820. The van der Waals surface area contributed by atoms with Crippen LogP contribution in [0.3, 0.4) is 0 Å². The second-order valence-electron chi connectivity index (χ2n) is 4.88. The van der Waals surface area contributed by atoms with Gasteiger partial charge in [-0.3, -0.25) is 0 Å². The van der Waals surface area contributed by atoms with Crippen LogP contribution >= 0.6 is 0 Å². The van der Waals surface area contributed by atoms with Crippen molar-refractivity contribution in [2.75, 3.05) is 14.2 Å². The van der Waals surface area contributed by atoms with Crippen LogP contribution in [-0.2, 0) is 0 Å². The van der Waals surface area contributed by atoms with Gasteiger partial charge in [0.05, 0.1) is 24.2 Å². The van der Waals surface area contributed by atoms with E-state index in [4.69, 9.17) is 4.74 Å². The monoisotopic (exact) mass is 283 g/mol. The van der Waals surface area contributed by atoms with Gasteiger partial charge >= 0.3 is 5.69 Å². The quantitative estimate of drug-likeness (QED) is 0.687. The standard InChI is InChI=1S/C16H17N3O2/c1-17-15(10-4-3-5-12(8-10)21-2)11-6-7-13-14(9-11)19-16(20)18-13/h3-9,15,17H,1-2H3,(H2,18,19,20). The molecular weight excluding hydrogens is 266 g/mol. The van der Waals surface area contributed by atoms with Crippen LogP contribution in [0, 0.1) is 0 Å². The molecular formula is C16H17N3O2. The number of hydrogen-bond donors (Lipinski definition) is 3. The van der Waals surface area contributed by atoms with Crippen molar-refractivity contribution in [3.63, 3.8) is 0 Å². The Morgan fingerprint density at radius 3 is 2.57 bits per heavy atom. The Kier molecular flexibility index (Phi) is 3.50. The first kappa shape index (κ1) is 13.5. The fourth-order valence-electron chi connectivity index (χ4n) is 2.58. The molecule has 0 fully saturated rings. The van der Waals surface area contributed by atoms with Crippen LogP contribution in [0.15, 0.2) is 47.3 Å². The molecule has 0 aliphatic carbocycles. The van der Waals surface area contributed by atoms with Gasteiger partial charge in [0.2, 0.25) is 0 Å². The molecule has 21 heavy (non-hydrogen) atoms. The van der Waals surface area contributed by atoms with Crippen LogP contribution in [-0.4, -0.2) is 24.1 Å². The van der Waals surface area contributed by atoms with Gasteiger partial charge in [-0.1, -0.05) is 18.2 Å². The number of methoxy groups -OCH3 is 1. The average Bonchev–Trinajstić information content (AvgIpc) is 2.87. The Morgan fingerprint density at radius 2 is 1.81 bits per heavy atom. The summed E-state index contributed by atoms with van der Waals surface area (Å²) < 4.78 is 5.28. The Morgan fingerprint density at radius 1 is 1.05 bits per heavy atom. The van der Waals surface area contributed by atoms with Gasteiger partial charge in [-0.25, -0.2) is 4.79 Å². The minimum absolute atomic E-state index is 0.0305. The molecule has 0 aliphatic heterocycles. The molecule has 3 rings (SSSR count). The highest BCUT2D eigenvalue weighted by molar-refractivity contribution is 5.75.